The third-order valence-corrected chi connectivity index (χ3v) is 8.77. The molecule has 2 aromatic carbocycles. The highest BCUT2D eigenvalue weighted by Crippen LogP contribution is 2.50. The van der Waals surface area contributed by atoms with Crippen molar-refractivity contribution in [1.82, 2.24) is 19.6 Å². The van der Waals surface area contributed by atoms with Gasteiger partial charge in [-0.3, -0.25) is 9.36 Å². The number of carbonyl (C=O) groups excluding carboxylic acids is 1. The van der Waals surface area contributed by atoms with Gasteiger partial charge in [0.15, 0.2) is 5.82 Å². The maximum absolute atomic E-state index is 14.2. The Balaban J connectivity index is 1.43. The number of esters is 1. The van der Waals surface area contributed by atoms with E-state index in [0.717, 1.165) is 29.3 Å². The van der Waals surface area contributed by atoms with Crippen LogP contribution in [0.3, 0.4) is 0 Å². The summed E-state index contributed by atoms with van der Waals surface area (Å²) >= 11 is 0. The van der Waals surface area contributed by atoms with Crippen LogP contribution in [-0.2, 0) is 36.7 Å². The summed E-state index contributed by atoms with van der Waals surface area (Å²) in [7, 11) is -3.72. The number of fused-ring (bicyclic) bond motifs is 3. The molecule has 224 valence electrons. The van der Waals surface area contributed by atoms with Gasteiger partial charge in [-0.1, -0.05) is 36.4 Å². The zero-order valence-electron chi connectivity index (χ0n) is 24.4. The number of pyridine rings is 1. The fourth-order valence-electron chi connectivity index (χ4n) is 4.80. The molecule has 1 saturated carbocycles. The minimum atomic E-state index is -3.72. The Kier molecular flexibility index (Phi) is 8.84. The number of imidazole rings is 1. The normalized spacial score (nSPS) is 16.4. The number of nitrogens with two attached hydrogens (primary N) is 1. The van der Waals surface area contributed by atoms with Gasteiger partial charge in [0.2, 0.25) is 0 Å². The summed E-state index contributed by atoms with van der Waals surface area (Å²) < 4.78 is 39.7. The fraction of sp³-hybridized carbons (Fsp3) is 0.433. The molecule has 0 saturated heterocycles. The van der Waals surface area contributed by atoms with Crippen LogP contribution in [0.15, 0.2) is 54.6 Å². The van der Waals surface area contributed by atoms with E-state index < -0.39 is 25.1 Å². The van der Waals surface area contributed by atoms with Crippen LogP contribution in [0.25, 0.3) is 21.9 Å². The minimum Gasteiger partial charge on any atom is -0.462 e. The van der Waals surface area contributed by atoms with Crippen LogP contribution in [0.1, 0.15) is 46.4 Å². The SMILES string of the molecule is CCOCc1nc2c(N)nc3ccccc3c2n1CC1(OCP(=O)(NC(C)C(=O)OC(C)C)Oc2ccccc2)CC1. The number of carbonyl (C=O) groups is 1. The highest BCUT2D eigenvalue weighted by atomic mass is 31.2. The van der Waals surface area contributed by atoms with Crippen LogP contribution in [0.2, 0.25) is 0 Å². The second kappa shape index (κ2) is 12.4. The van der Waals surface area contributed by atoms with Crippen LogP contribution in [0.4, 0.5) is 5.82 Å². The van der Waals surface area contributed by atoms with E-state index in [9.17, 15) is 9.36 Å². The van der Waals surface area contributed by atoms with Gasteiger partial charge in [0.1, 0.15) is 36.1 Å². The van der Waals surface area contributed by atoms with Crippen molar-refractivity contribution in [3.63, 3.8) is 0 Å². The van der Waals surface area contributed by atoms with Gasteiger partial charge in [-0.05, 0) is 58.7 Å². The number of ether oxygens (including phenoxy) is 3. The van der Waals surface area contributed by atoms with Gasteiger partial charge in [-0.25, -0.2) is 15.1 Å². The van der Waals surface area contributed by atoms with Gasteiger partial charge in [0.05, 0.1) is 29.3 Å². The first kappa shape index (κ1) is 30.0. The van der Waals surface area contributed by atoms with E-state index in [1.807, 2.05) is 37.3 Å². The number of para-hydroxylation sites is 2. The van der Waals surface area contributed by atoms with Gasteiger partial charge < -0.3 is 29.0 Å². The molecule has 0 bridgehead atoms. The summed E-state index contributed by atoms with van der Waals surface area (Å²) in [4.78, 5) is 21.9. The molecule has 0 radical (unpaired) electrons. The molecule has 2 heterocycles. The molecule has 42 heavy (non-hydrogen) atoms. The van der Waals surface area contributed by atoms with Crippen molar-refractivity contribution in [1.29, 1.82) is 0 Å². The van der Waals surface area contributed by atoms with Gasteiger partial charge in [0, 0.05) is 12.0 Å². The Hall–Kier alpha value is -3.50. The van der Waals surface area contributed by atoms with E-state index in [1.165, 1.54) is 0 Å². The molecule has 2 aromatic heterocycles. The van der Waals surface area contributed by atoms with Gasteiger partial charge >= 0.3 is 13.5 Å². The van der Waals surface area contributed by atoms with E-state index in [4.69, 9.17) is 29.5 Å². The average molecular weight is 596 g/mol. The molecule has 0 amide bonds. The Morgan fingerprint density at radius 3 is 2.50 bits per heavy atom. The van der Waals surface area contributed by atoms with E-state index >= 15 is 0 Å². The van der Waals surface area contributed by atoms with Crippen molar-refractivity contribution >= 4 is 41.2 Å². The molecule has 0 aliphatic heterocycles. The molecule has 4 aromatic rings. The lowest BCUT2D eigenvalue weighted by Crippen LogP contribution is -2.37. The molecule has 2 atom stereocenters. The van der Waals surface area contributed by atoms with Crippen molar-refractivity contribution in [2.24, 2.45) is 0 Å². The Labute approximate surface area is 245 Å². The predicted molar refractivity (Wildman–Crippen MR) is 161 cm³/mol. The highest BCUT2D eigenvalue weighted by molar-refractivity contribution is 7.57. The van der Waals surface area contributed by atoms with Crippen LogP contribution in [0, 0.1) is 0 Å². The van der Waals surface area contributed by atoms with E-state index in [2.05, 4.69) is 14.6 Å². The standard InChI is InChI=1S/C30H38N5O6P/c1-5-38-17-25-33-26-27(23-13-9-10-14-24(23)32-28(26)31)35(25)18-30(15-16-30)39-19-42(37,41-22-11-7-6-8-12-22)34-21(4)29(36)40-20(2)3/h6-14,20-21H,5,15-19H2,1-4H3,(H2,31,32)(H,34,37). The lowest BCUT2D eigenvalue weighted by atomic mass is 10.2. The lowest BCUT2D eigenvalue weighted by Gasteiger charge is -2.26. The number of hydrogen-bond donors (Lipinski definition) is 2. The van der Waals surface area contributed by atoms with Crippen LogP contribution < -0.4 is 15.3 Å². The fourth-order valence-corrected chi connectivity index (χ4v) is 6.58. The minimum absolute atomic E-state index is 0.251. The number of aromatic nitrogens is 3. The maximum Gasteiger partial charge on any atom is 0.342 e. The van der Waals surface area contributed by atoms with Crippen LogP contribution >= 0.6 is 7.52 Å². The zero-order chi connectivity index (χ0) is 29.9. The Morgan fingerprint density at radius 2 is 1.81 bits per heavy atom. The molecular formula is C30H38N5O6P. The van der Waals surface area contributed by atoms with Crippen molar-refractivity contribution in [3.8, 4) is 5.75 Å². The molecule has 5 rings (SSSR count). The molecule has 3 N–H and O–H groups in total. The molecular weight excluding hydrogens is 557 g/mol. The van der Waals surface area contributed by atoms with Gasteiger partial charge in [-0.15, -0.1) is 0 Å². The smallest absolute Gasteiger partial charge is 0.342 e. The topological polar surface area (TPSA) is 140 Å². The third-order valence-electron chi connectivity index (χ3n) is 7.01. The summed E-state index contributed by atoms with van der Waals surface area (Å²) in [6, 6.07) is 15.7. The highest BCUT2D eigenvalue weighted by Gasteiger charge is 2.47. The summed E-state index contributed by atoms with van der Waals surface area (Å²) in [5.74, 6) is 0.934. The number of hydrogen-bond acceptors (Lipinski definition) is 9. The molecule has 1 aliphatic carbocycles. The second-order valence-corrected chi connectivity index (χ2v) is 12.9. The molecule has 2 unspecified atom stereocenters. The predicted octanol–water partition coefficient (Wildman–Crippen LogP) is 5.41. The van der Waals surface area contributed by atoms with E-state index in [-0.39, 0.29) is 12.5 Å². The first-order valence-corrected chi connectivity index (χ1v) is 16.0. The summed E-state index contributed by atoms with van der Waals surface area (Å²) in [5, 5.41) is 3.80. The zero-order valence-corrected chi connectivity index (χ0v) is 25.3. The second-order valence-electron chi connectivity index (χ2n) is 10.8. The molecule has 1 fully saturated rings. The molecule has 0 spiro atoms. The average Bonchev–Trinajstić information content (AvgIpc) is 3.63. The maximum atomic E-state index is 14.2. The van der Waals surface area contributed by atoms with Gasteiger partial charge in [0.25, 0.3) is 0 Å². The van der Waals surface area contributed by atoms with E-state index in [1.54, 1.807) is 45.0 Å². The number of nitrogen functional groups attached to an aromatic ring is 1. The first-order chi connectivity index (χ1) is 20.1. The summed E-state index contributed by atoms with van der Waals surface area (Å²) in [5.41, 5.74) is 7.96. The van der Waals surface area contributed by atoms with Crippen LogP contribution in [-0.4, -0.2) is 51.2 Å². The number of nitrogens with zero attached hydrogens (tertiary/aromatic N) is 3. The molecule has 1 aliphatic rings. The molecule has 11 nitrogen and oxygen atoms in total. The Morgan fingerprint density at radius 1 is 1.10 bits per heavy atom. The number of nitrogens with one attached hydrogen (secondary N) is 1. The largest absolute Gasteiger partial charge is 0.462 e. The monoisotopic (exact) mass is 595 g/mol. The van der Waals surface area contributed by atoms with Crippen LogP contribution in [0.5, 0.6) is 5.75 Å². The van der Waals surface area contributed by atoms with E-state index in [0.29, 0.717) is 42.7 Å². The van der Waals surface area contributed by atoms with Crippen molar-refractivity contribution in [3.05, 3.63) is 60.4 Å². The van der Waals surface area contributed by atoms with Crippen molar-refractivity contribution in [2.45, 2.75) is 71.4 Å². The summed E-state index contributed by atoms with van der Waals surface area (Å²) in [6.07, 6.45) is 0.933. The lowest BCUT2D eigenvalue weighted by molar-refractivity contribution is -0.149. The third kappa shape index (κ3) is 6.76. The van der Waals surface area contributed by atoms with Gasteiger partial charge in [-0.2, -0.15) is 0 Å². The van der Waals surface area contributed by atoms with Crippen molar-refractivity contribution < 1.29 is 28.1 Å². The number of rotatable bonds is 14. The first-order valence-electron chi connectivity index (χ1n) is 14.2. The number of benzene rings is 2. The quantitative estimate of drug-likeness (QED) is 0.144. The Bertz CT molecular complexity index is 1600. The molecule has 12 heteroatoms. The summed E-state index contributed by atoms with van der Waals surface area (Å²) in [6.45, 7) is 8.31. The van der Waals surface area contributed by atoms with Crippen molar-refractivity contribution in [2.75, 3.05) is 18.7 Å². The number of anilines is 1.